The lowest BCUT2D eigenvalue weighted by atomic mass is 10.2. The Morgan fingerprint density at radius 3 is 2.67 bits per heavy atom. The largest absolute Gasteiger partial charge is 0.436 e. The Labute approximate surface area is 131 Å². The second kappa shape index (κ2) is 5.39. The summed E-state index contributed by atoms with van der Waals surface area (Å²) in [6, 6.07) is 10.7. The van der Waals surface area contributed by atoms with Crippen molar-refractivity contribution in [2.75, 3.05) is 0 Å². The molecule has 0 amide bonds. The molecule has 0 fully saturated rings. The Kier molecular flexibility index (Phi) is 3.57. The van der Waals surface area contributed by atoms with Gasteiger partial charge >= 0.3 is 0 Å². The number of amidine groups is 1. The topological polar surface area (TPSA) is 64.4 Å². The number of hydrogen-bond acceptors (Lipinski definition) is 3. The van der Waals surface area contributed by atoms with Gasteiger partial charge in [0.15, 0.2) is 5.58 Å². The van der Waals surface area contributed by atoms with E-state index in [1.54, 1.807) is 25.1 Å². The lowest BCUT2D eigenvalue weighted by molar-refractivity contribution is 0.620. The predicted octanol–water partition coefficient (Wildman–Crippen LogP) is 4.81. The maximum absolute atomic E-state index is 6.01. The van der Waals surface area contributed by atoms with Gasteiger partial charge in [0.2, 0.25) is 5.89 Å². The van der Waals surface area contributed by atoms with E-state index in [0.717, 1.165) is 16.8 Å². The second-order valence-corrected chi connectivity index (χ2v) is 5.37. The van der Waals surface area contributed by atoms with Crippen molar-refractivity contribution in [2.24, 2.45) is 10.7 Å². The van der Waals surface area contributed by atoms with Crippen molar-refractivity contribution < 1.29 is 4.42 Å². The van der Waals surface area contributed by atoms with Crippen LogP contribution >= 0.6 is 23.2 Å². The second-order valence-electron chi connectivity index (χ2n) is 4.55. The molecule has 0 unspecified atom stereocenters. The molecule has 21 heavy (non-hydrogen) atoms. The van der Waals surface area contributed by atoms with Crippen molar-refractivity contribution in [1.29, 1.82) is 0 Å². The zero-order valence-electron chi connectivity index (χ0n) is 11.1. The molecule has 3 rings (SSSR count). The van der Waals surface area contributed by atoms with Gasteiger partial charge in [0.1, 0.15) is 5.52 Å². The summed E-state index contributed by atoms with van der Waals surface area (Å²) in [5.74, 6) is 0.965. The maximum atomic E-state index is 6.01. The minimum absolute atomic E-state index is 0.459. The summed E-state index contributed by atoms with van der Waals surface area (Å²) in [5.41, 5.74) is 8.44. The van der Waals surface area contributed by atoms with Gasteiger partial charge in [-0.1, -0.05) is 23.2 Å². The van der Waals surface area contributed by atoms with Crippen LogP contribution in [0.15, 0.2) is 45.8 Å². The maximum Gasteiger partial charge on any atom is 0.227 e. The third-order valence-electron chi connectivity index (χ3n) is 2.84. The van der Waals surface area contributed by atoms with Gasteiger partial charge in [-0.05, 0) is 37.3 Å². The van der Waals surface area contributed by atoms with Gasteiger partial charge in [0.05, 0.1) is 21.6 Å². The SMILES string of the molecule is CC(N)=Nc1ccc2nc(-c3ccc(Cl)c(Cl)c3)oc2c1. The zero-order valence-corrected chi connectivity index (χ0v) is 12.6. The number of halogens is 2. The number of aromatic nitrogens is 1. The molecule has 106 valence electrons. The average Bonchev–Trinajstić information content (AvgIpc) is 2.84. The van der Waals surface area contributed by atoms with Gasteiger partial charge in [-0.15, -0.1) is 0 Å². The summed E-state index contributed by atoms with van der Waals surface area (Å²) < 4.78 is 5.75. The molecule has 0 aliphatic rings. The van der Waals surface area contributed by atoms with Crippen molar-refractivity contribution in [3.63, 3.8) is 0 Å². The van der Waals surface area contributed by atoms with Crippen LogP contribution in [0.4, 0.5) is 5.69 Å². The molecule has 0 spiro atoms. The molecule has 2 aromatic carbocycles. The highest BCUT2D eigenvalue weighted by molar-refractivity contribution is 6.42. The lowest BCUT2D eigenvalue weighted by Crippen LogP contribution is -2.03. The van der Waals surface area contributed by atoms with Crippen LogP contribution in [0.3, 0.4) is 0 Å². The Hall–Kier alpha value is -2.04. The molecule has 0 radical (unpaired) electrons. The Morgan fingerprint density at radius 1 is 1.14 bits per heavy atom. The minimum atomic E-state index is 0.459. The highest BCUT2D eigenvalue weighted by atomic mass is 35.5. The normalized spacial score (nSPS) is 12.0. The number of fused-ring (bicyclic) bond motifs is 1. The first-order valence-electron chi connectivity index (χ1n) is 6.20. The molecule has 1 heterocycles. The van der Waals surface area contributed by atoms with Gasteiger partial charge in [-0.2, -0.15) is 0 Å². The third-order valence-corrected chi connectivity index (χ3v) is 3.58. The van der Waals surface area contributed by atoms with E-state index in [0.29, 0.717) is 27.4 Å². The molecule has 0 saturated heterocycles. The average molecular weight is 320 g/mol. The Balaban J connectivity index is 2.08. The monoisotopic (exact) mass is 319 g/mol. The van der Waals surface area contributed by atoms with E-state index in [1.807, 2.05) is 18.2 Å². The molecule has 1 aromatic heterocycles. The van der Waals surface area contributed by atoms with Gasteiger partial charge in [0.25, 0.3) is 0 Å². The molecule has 6 heteroatoms. The van der Waals surface area contributed by atoms with Crippen LogP contribution < -0.4 is 5.73 Å². The van der Waals surface area contributed by atoms with E-state index in [9.17, 15) is 0 Å². The number of nitrogens with zero attached hydrogens (tertiary/aromatic N) is 2. The predicted molar refractivity (Wildman–Crippen MR) is 86.4 cm³/mol. The van der Waals surface area contributed by atoms with Crippen LogP contribution in [0.25, 0.3) is 22.6 Å². The van der Waals surface area contributed by atoms with E-state index >= 15 is 0 Å². The quantitative estimate of drug-likeness (QED) is 0.544. The number of rotatable bonds is 2. The van der Waals surface area contributed by atoms with Crippen molar-refractivity contribution in [2.45, 2.75) is 6.92 Å². The van der Waals surface area contributed by atoms with E-state index < -0.39 is 0 Å². The fourth-order valence-corrected chi connectivity index (χ4v) is 2.24. The fraction of sp³-hybridized carbons (Fsp3) is 0.0667. The van der Waals surface area contributed by atoms with Crippen LogP contribution in [0.2, 0.25) is 10.0 Å². The molecular formula is C15H11Cl2N3O. The summed E-state index contributed by atoms with van der Waals surface area (Å²) >= 11 is 11.9. The molecule has 0 atom stereocenters. The molecule has 4 nitrogen and oxygen atoms in total. The van der Waals surface area contributed by atoms with Gasteiger partial charge in [-0.25, -0.2) is 9.98 Å². The number of hydrogen-bond donors (Lipinski definition) is 1. The Morgan fingerprint density at radius 2 is 1.95 bits per heavy atom. The lowest BCUT2D eigenvalue weighted by Gasteiger charge is -1.98. The molecule has 2 N–H and O–H groups in total. The zero-order chi connectivity index (χ0) is 15.0. The highest BCUT2D eigenvalue weighted by Crippen LogP contribution is 2.31. The van der Waals surface area contributed by atoms with Crippen LogP contribution in [0.5, 0.6) is 0 Å². The number of benzene rings is 2. The number of nitrogens with two attached hydrogens (primary N) is 1. The molecular weight excluding hydrogens is 309 g/mol. The van der Waals surface area contributed by atoms with Crippen molar-refractivity contribution in [3.05, 3.63) is 46.4 Å². The highest BCUT2D eigenvalue weighted by Gasteiger charge is 2.10. The van der Waals surface area contributed by atoms with Crippen molar-refractivity contribution in [1.82, 2.24) is 4.98 Å². The molecule has 0 aliphatic carbocycles. The summed E-state index contributed by atoms with van der Waals surface area (Å²) in [6.07, 6.45) is 0. The van der Waals surface area contributed by atoms with Crippen molar-refractivity contribution in [3.8, 4) is 11.5 Å². The minimum Gasteiger partial charge on any atom is -0.436 e. The number of aliphatic imine (C=N–C) groups is 1. The van der Waals surface area contributed by atoms with Crippen LogP contribution in [0.1, 0.15) is 6.92 Å². The van der Waals surface area contributed by atoms with Crippen LogP contribution in [-0.2, 0) is 0 Å². The number of oxazole rings is 1. The van der Waals surface area contributed by atoms with Gasteiger partial charge < -0.3 is 10.2 Å². The first-order valence-corrected chi connectivity index (χ1v) is 6.95. The van der Waals surface area contributed by atoms with Gasteiger partial charge in [-0.3, -0.25) is 0 Å². The first kappa shape index (κ1) is 13.9. The third kappa shape index (κ3) is 2.86. The fourth-order valence-electron chi connectivity index (χ4n) is 1.94. The van der Waals surface area contributed by atoms with E-state index in [1.165, 1.54) is 0 Å². The molecule has 3 aromatic rings. The summed E-state index contributed by atoms with van der Waals surface area (Å²) in [4.78, 5) is 8.61. The van der Waals surface area contributed by atoms with Gasteiger partial charge in [0, 0.05) is 11.6 Å². The van der Waals surface area contributed by atoms with Crippen LogP contribution in [0, 0.1) is 0 Å². The summed E-state index contributed by atoms with van der Waals surface area (Å²) in [5, 5.41) is 0.951. The van der Waals surface area contributed by atoms with Crippen LogP contribution in [-0.4, -0.2) is 10.8 Å². The molecule has 0 bridgehead atoms. The first-order chi connectivity index (χ1) is 10.0. The molecule has 0 saturated carbocycles. The summed E-state index contributed by atoms with van der Waals surface area (Å²) in [6.45, 7) is 1.73. The van der Waals surface area contributed by atoms with Crippen molar-refractivity contribution >= 4 is 45.8 Å². The van der Waals surface area contributed by atoms with E-state index in [4.69, 9.17) is 33.4 Å². The standard InChI is InChI=1S/C15H11Cl2N3O/c1-8(18)19-10-3-5-13-14(7-10)21-15(20-13)9-2-4-11(16)12(17)6-9/h2-7H,1H3,(H2,18,19). The Bertz CT molecular complexity index is 851. The summed E-state index contributed by atoms with van der Waals surface area (Å²) in [7, 11) is 0. The van der Waals surface area contributed by atoms with E-state index in [2.05, 4.69) is 9.98 Å². The van der Waals surface area contributed by atoms with E-state index in [-0.39, 0.29) is 0 Å². The molecule has 0 aliphatic heterocycles. The smallest absolute Gasteiger partial charge is 0.227 e.